The zero-order valence-corrected chi connectivity index (χ0v) is 11.4. The molecule has 0 aliphatic heterocycles. The lowest BCUT2D eigenvalue weighted by Gasteiger charge is -2.10. The van der Waals surface area contributed by atoms with Crippen molar-refractivity contribution in [1.82, 2.24) is 9.97 Å². The number of rotatable bonds is 3. The molecule has 0 radical (unpaired) electrons. The van der Waals surface area contributed by atoms with Crippen molar-refractivity contribution in [3.8, 4) is 11.3 Å². The first-order chi connectivity index (χ1) is 8.60. The van der Waals surface area contributed by atoms with Crippen molar-refractivity contribution in [3.05, 3.63) is 46.9 Å². The zero-order chi connectivity index (χ0) is 13.1. The lowest BCUT2D eigenvalue weighted by molar-refractivity contribution is 0.112. The van der Waals surface area contributed by atoms with Crippen LogP contribution in [0, 0.1) is 6.92 Å². The van der Waals surface area contributed by atoms with Crippen molar-refractivity contribution in [2.24, 2.45) is 0 Å². The minimum Gasteiger partial charge on any atom is -0.374 e. The Balaban J connectivity index is 2.48. The summed E-state index contributed by atoms with van der Waals surface area (Å²) in [6.07, 6.45) is -0.174. The summed E-state index contributed by atoms with van der Waals surface area (Å²) in [5.41, 5.74) is 3.03. The Morgan fingerprint density at radius 3 is 2.67 bits per heavy atom. The summed E-state index contributed by atoms with van der Waals surface area (Å²) in [7, 11) is 1.63. The maximum Gasteiger partial charge on any atom is 0.159 e. The van der Waals surface area contributed by atoms with E-state index in [0.29, 0.717) is 11.0 Å². The summed E-state index contributed by atoms with van der Waals surface area (Å²) in [4.78, 5) is 8.68. The number of aromatic nitrogens is 2. The molecule has 18 heavy (non-hydrogen) atoms. The van der Waals surface area contributed by atoms with Gasteiger partial charge in [-0.15, -0.1) is 0 Å². The first-order valence-corrected chi connectivity index (χ1v) is 6.12. The molecule has 0 aliphatic carbocycles. The molecule has 1 atom stereocenters. The largest absolute Gasteiger partial charge is 0.374 e. The van der Waals surface area contributed by atoms with Crippen LogP contribution in [0.15, 0.2) is 30.3 Å². The molecule has 0 saturated carbocycles. The van der Waals surface area contributed by atoms with Gasteiger partial charge >= 0.3 is 0 Å². The second kappa shape index (κ2) is 5.46. The first-order valence-electron chi connectivity index (χ1n) is 5.74. The van der Waals surface area contributed by atoms with Crippen LogP contribution in [0.5, 0.6) is 0 Å². The number of hydrogen-bond acceptors (Lipinski definition) is 3. The van der Waals surface area contributed by atoms with E-state index in [9.17, 15) is 0 Å². The molecule has 0 bridgehead atoms. The minimum atomic E-state index is -0.174. The summed E-state index contributed by atoms with van der Waals surface area (Å²) >= 11 is 6.03. The van der Waals surface area contributed by atoms with Gasteiger partial charge in [-0.1, -0.05) is 35.4 Å². The van der Waals surface area contributed by atoms with Crippen molar-refractivity contribution >= 4 is 11.6 Å². The maximum absolute atomic E-state index is 6.03. The summed E-state index contributed by atoms with van der Waals surface area (Å²) in [6, 6.07) is 9.89. The fourth-order valence-corrected chi connectivity index (χ4v) is 1.86. The molecule has 3 nitrogen and oxygen atoms in total. The Labute approximate surface area is 112 Å². The van der Waals surface area contributed by atoms with E-state index >= 15 is 0 Å². The highest BCUT2D eigenvalue weighted by atomic mass is 35.5. The van der Waals surface area contributed by atoms with E-state index in [2.05, 4.69) is 16.0 Å². The predicted octanol–water partition coefficient (Wildman–Crippen LogP) is 3.81. The Hall–Kier alpha value is -1.45. The van der Waals surface area contributed by atoms with E-state index in [-0.39, 0.29) is 6.10 Å². The topological polar surface area (TPSA) is 35.0 Å². The molecular formula is C14H15ClN2O. The van der Waals surface area contributed by atoms with Gasteiger partial charge in [-0.2, -0.15) is 0 Å². The summed E-state index contributed by atoms with van der Waals surface area (Å²) < 4.78 is 5.22. The zero-order valence-electron chi connectivity index (χ0n) is 10.6. The van der Waals surface area contributed by atoms with Gasteiger partial charge in [-0.3, -0.25) is 0 Å². The van der Waals surface area contributed by atoms with E-state index in [1.807, 2.05) is 32.0 Å². The van der Waals surface area contributed by atoms with Crippen molar-refractivity contribution in [1.29, 1.82) is 0 Å². The minimum absolute atomic E-state index is 0.174. The number of ether oxygens (including phenoxy) is 1. The second-order valence-corrected chi connectivity index (χ2v) is 4.57. The molecule has 0 amide bonds. The van der Waals surface area contributed by atoms with Crippen LogP contribution in [0.4, 0.5) is 0 Å². The van der Waals surface area contributed by atoms with Crippen LogP contribution >= 0.6 is 11.6 Å². The Morgan fingerprint density at radius 1 is 1.22 bits per heavy atom. The molecule has 2 rings (SSSR count). The maximum atomic E-state index is 6.03. The number of nitrogens with zero attached hydrogens (tertiary/aromatic N) is 2. The molecule has 0 saturated heterocycles. The van der Waals surface area contributed by atoms with E-state index in [4.69, 9.17) is 16.3 Å². The number of methoxy groups -OCH3 is 1. The third-order valence-electron chi connectivity index (χ3n) is 2.74. The molecule has 0 fully saturated rings. The second-order valence-electron chi connectivity index (χ2n) is 4.18. The third kappa shape index (κ3) is 2.86. The molecule has 0 aliphatic rings. The van der Waals surface area contributed by atoms with Crippen LogP contribution in [-0.4, -0.2) is 17.1 Å². The Bertz CT molecular complexity index is 557. The Morgan fingerprint density at radius 2 is 2.00 bits per heavy atom. The van der Waals surface area contributed by atoms with Crippen LogP contribution in [0.3, 0.4) is 0 Å². The van der Waals surface area contributed by atoms with Gasteiger partial charge in [-0.25, -0.2) is 9.97 Å². The molecule has 1 unspecified atom stereocenters. The molecule has 1 aromatic heterocycles. The van der Waals surface area contributed by atoms with Gasteiger partial charge in [0, 0.05) is 18.7 Å². The summed E-state index contributed by atoms with van der Waals surface area (Å²) in [5, 5.41) is 0.431. The van der Waals surface area contributed by atoms with E-state index in [0.717, 1.165) is 11.3 Å². The SMILES string of the molecule is COC(C)c1nc(Cl)cc(-c2cccc(C)c2)n1. The number of halogens is 1. The van der Waals surface area contributed by atoms with Gasteiger partial charge in [-0.05, 0) is 19.9 Å². The normalized spacial score (nSPS) is 12.4. The first kappa shape index (κ1) is 13.0. The van der Waals surface area contributed by atoms with E-state index in [1.165, 1.54) is 5.56 Å². The third-order valence-corrected chi connectivity index (χ3v) is 2.94. The van der Waals surface area contributed by atoms with Crippen molar-refractivity contribution in [2.75, 3.05) is 7.11 Å². The average molecular weight is 263 g/mol. The van der Waals surface area contributed by atoms with E-state index < -0.39 is 0 Å². The summed E-state index contributed by atoms with van der Waals surface area (Å²) in [5.74, 6) is 0.599. The molecule has 1 aromatic carbocycles. The van der Waals surface area contributed by atoms with Gasteiger partial charge in [0.05, 0.1) is 5.69 Å². The van der Waals surface area contributed by atoms with Crippen LogP contribution in [0.2, 0.25) is 5.15 Å². The average Bonchev–Trinajstić information content (AvgIpc) is 2.37. The van der Waals surface area contributed by atoms with Gasteiger partial charge in [0.2, 0.25) is 0 Å². The monoisotopic (exact) mass is 262 g/mol. The molecule has 4 heteroatoms. The van der Waals surface area contributed by atoms with Crippen LogP contribution in [0.25, 0.3) is 11.3 Å². The van der Waals surface area contributed by atoms with Gasteiger partial charge in [0.25, 0.3) is 0 Å². The predicted molar refractivity (Wildman–Crippen MR) is 72.6 cm³/mol. The molecule has 0 spiro atoms. The van der Waals surface area contributed by atoms with Gasteiger partial charge < -0.3 is 4.74 Å². The molecular weight excluding hydrogens is 248 g/mol. The lowest BCUT2D eigenvalue weighted by atomic mass is 10.1. The molecule has 1 heterocycles. The standard InChI is InChI=1S/C14H15ClN2O/c1-9-5-4-6-11(7-9)12-8-13(15)17-14(16-12)10(2)18-3/h4-8,10H,1-3H3. The highest BCUT2D eigenvalue weighted by Crippen LogP contribution is 2.23. The van der Waals surface area contributed by atoms with E-state index in [1.54, 1.807) is 13.2 Å². The highest BCUT2D eigenvalue weighted by molar-refractivity contribution is 6.29. The van der Waals surface area contributed by atoms with Crippen molar-refractivity contribution in [2.45, 2.75) is 20.0 Å². The van der Waals surface area contributed by atoms with Crippen molar-refractivity contribution < 1.29 is 4.74 Å². The number of hydrogen-bond donors (Lipinski definition) is 0. The molecule has 94 valence electrons. The fourth-order valence-electron chi connectivity index (χ4n) is 1.67. The van der Waals surface area contributed by atoms with Gasteiger partial charge in [0.1, 0.15) is 11.3 Å². The summed E-state index contributed by atoms with van der Waals surface area (Å²) in [6.45, 7) is 3.94. The van der Waals surface area contributed by atoms with Crippen LogP contribution < -0.4 is 0 Å². The number of aryl methyl sites for hydroxylation is 1. The lowest BCUT2D eigenvalue weighted by Crippen LogP contribution is -2.04. The molecule has 0 N–H and O–H groups in total. The van der Waals surface area contributed by atoms with Gasteiger partial charge in [0.15, 0.2) is 5.82 Å². The van der Waals surface area contributed by atoms with Crippen LogP contribution in [0.1, 0.15) is 24.4 Å². The van der Waals surface area contributed by atoms with Crippen molar-refractivity contribution in [3.63, 3.8) is 0 Å². The highest BCUT2D eigenvalue weighted by Gasteiger charge is 2.11. The number of benzene rings is 1. The smallest absolute Gasteiger partial charge is 0.159 e. The Kier molecular flexibility index (Phi) is 3.94. The van der Waals surface area contributed by atoms with Crippen LogP contribution in [-0.2, 0) is 4.74 Å². The quantitative estimate of drug-likeness (QED) is 0.789. The fraction of sp³-hybridized carbons (Fsp3) is 0.286. The molecule has 2 aromatic rings.